The molecule has 11 heteroatoms. The Balaban J connectivity index is 1.56. The van der Waals surface area contributed by atoms with Gasteiger partial charge in [-0.05, 0) is 92.0 Å². The molecule has 0 bridgehead atoms. The van der Waals surface area contributed by atoms with Crippen molar-refractivity contribution in [2.45, 2.75) is 4.90 Å². The van der Waals surface area contributed by atoms with Crippen LogP contribution in [0.3, 0.4) is 0 Å². The number of urea groups is 1. The number of hydrogen-bond donors (Lipinski definition) is 0. The molecule has 0 N–H and O–H groups in total. The van der Waals surface area contributed by atoms with Gasteiger partial charge in [0, 0.05) is 0 Å². The first-order valence-corrected chi connectivity index (χ1v) is 14.7. The lowest BCUT2D eigenvalue weighted by Crippen LogP contribution is -2.57. The second-order valence-electron chi connectivity index (χ2n) is 8.46. The summed E-state index contributed by atoms with van der Waals surface area (Å²) in [5.74, 6) is -1.61. The Hall–Kier alpha value is -4.06. The van der Waals surface area contributed by atoms with E-state index in [0.29, 0.717) is 16.9 Å². The highest BCUT2D eigenvalue weighted by Crippen LogP contribution is 2.38. The molecule has 0 unspecified atom stereocenters. The summed E-state index contributed by atoms with van der Waals surface area (Å²) < 4.78 is 31.4. The number of barbiturate groups is 1. The molecule has 0 spiro atoms. The molecule has 1 aliphatic heterocycles. The summed E-state index contributed by atoms with van der Waals surface area (Å²) in [5.41, 5.74) is 0.704. The van der Waals surface area contributed by atoms with Crippen molar-refractivity contribution in [3.05, 3.63) is 123 Å². The van der Waals surface area contributed by atoms with Crippen molar-refractivity contribution in [3.63, 3.8) is 0 Å². The number of nitrogens with zero attached hydrogens (tertiary/aromatic N) is 2. The maximum atomic E-state index is 13.6. The van der Waals surface area contributed by atoms with Gasteiger partial charge >= 0.3 is 16.1 Å². The standard InChI is InChI=1S/C29H18Br2N2O6S/c30-24-17-19(18-25(31)26(24)39-40(37,38)22-14-8-3-9-15-22)16-23-27(34)32(20-10-4-1-5-11-20)29(36)33(28(23)35)21-12-6-2-7-13-21/h1-18H. The van der Waals surface area contributed by atoms with Crippen LogP contribution in [-0.4, -0.2) is 26.3 Å². The van der Waals surface area contributed by atoms with E-state index < -0.39 is 28.0 Å². The van der Waals surface area contributed by atoms with Crippen LogP contribution in [-0.2, 0) is 19.7 Å². The fourth-order valence-corrected chi connectivity index (χ4v) is 6.58. The first kappa shape index (κ1) is 27.5. The van der Waals surface area contributed by atoms with E-state index in [1.54, 1.807) is 78.9 Å². The van der Waals surface area contributed by atoms with Crippen LogP contribution in [0, 0.1) is 0 Å². The highest BCUT2D eigenvalue weighted by molar-refractivity contribution is 9.11. The number of benzene rings is 4. The van der Waals surface area contributed by atoms with Gasteiger partial charge in [-0.2, -0.15) is 8.42 Å². The summed E-state index contributed by atoms with van der Waals surface area (Å²) in [6.45, 7) is 0. The van der Waals surface area contributed by atoms with E-state index in [1.807, 2.05) is 0 Å². The van der Waals surface area contributed by atoms with Crippen LogP contribution < -0.4 is 14.0 Å². The van der Waals surface area contributed by atoms with Gasteiger partial charge in [0.05, 0.1) is 20.3 Å². The van der Waals surface area contributed by atoms with Gasteiger partial charge in [0.15, 0.2) is 5.75 Å². The van der Waals surface area contributed by atoms with Crippen molar-refractivity contribution in [2.24, 2.45) is 0 Å². The molecule has 1 aliphatic rings. The van der Waals surface area contributed by atoms with Gasteiger partial charge in [0.1, 0.15) is 10.5 Å². The Labute approximate surface area is 246 Å². The number of hydrogen-bond acceptors (Lipinski definition) is 6. The van der Waals surface area contributed by atoms with Crippen molar-refractivity contribution >= 4 is 77.3 Å². The number of amides is 4. The molecule has 1 heterocycles. The molecule has 4 aromatic carbocycles. The molecule has 8 nitrogen and oxygen atoms in total. The van der Waals surface area contributed by atoms with E-state index in [-0.39, 0.29) is 25.2 Å². The minimum absolute atomic E-state index is 0.0145. The smallest absolute Gasteiger partial charge is 0.343 e. The monoisotopic (exact) mass is 680 g/mol. The summed E-state index contributed by atoms with van der Waals surface area (Å²) in [4.78, 5) is 42.4. The average molecular weight is 682 g/mol. The van der Waals surface area contributed by atoms with E-state index in [0.717, 1.165) is 9.80 Å². The molecule has 0 aliphatic carbocycles. The number of carbonyl (C=O) groups excluding carboxylic acids is 3. The van der Waals surface area contributed by atoms with Gasteiger partial charge in [-0.25, -0.2) is 14.6 Å². The molecule has 0 radical (unpaired) electrons. The van der Waals surface area contributed by atoms with Gasteiger partial charge in [-0.15, -0.1) is 0 Å². The molecule has 40 heavy (non-hydrogen) atoms. The number of rotatable bonds is 6. The second kappa shape index (κ2) is 11.2. The molecular weight excluding hydrogens is 664 g/mol. The van der Waals surface area contributed by atoms with Crippen molar-refractivity contribution in [3.8, 4) is 5.75 Å². The van der Waals surface area contributed by atoms with Gasteiger partial charge in [-0.1, -0.05) is 54.6 Å². The van der Waals surface area contributed by atoms with Crippen LogP contribution >= 0.6 is 31.9 Å². The largest absolute Gasteiger partial charge is 0.377 e. The summed E-state index contributed by atoms with van der Waals surface area (Å²) in [7, 11) is -4.13. The van der Waals surface area contributed by atoms with Crippen LogP contribution in [0.25, 0.3) is 6.08 Å². The molecular formula is C29H18Br2N2O6S. The molecule has 0 saturated carbocycles. The molecule has 1 fully saturated rings. The predicted molar refractivity (Wildman–Crippen MR) is 157 cm³/mol. The topological polar surface area (TPSA) is 101 Å². The molecule has 0 aromatic heterocycles. The van der Waals surface area contributed by atoms with Crippen LogP contribution in [0.5, 0.6) is 5.75 Å². The molecule has 200 valence electrons. The van der Waals surface area contributed by atoms with Crippen LogP contribution in [0.2, 0.25) is 0 Å². The van der Waals surface area contributed by atoms with E-state index in [1.165, 1.54) is 30.3 Å². The second-order valence-corrected chi connectivity index (χ2v) is 11.7. The zero-order chi connectivity index (χ0) is 28.4. The average Bonchev–Trinajstić information content (AvgIpc) is 2.95. The third-order valence-corrected chi connectivity index (χ3v) is 8.25. The van der Waals surface area contributed by atoms with Crippen molar-refractivity contribution in [1.82, 2.24) is 0 Å². The third-order valence-electron chi connectivity index (χ3n) is 5.83. The first-order chi connectivity index (χ1) is 19.2. The normalized spacial score (nSPS) is 13.9. The van der Waals surface area contributed by atoms with E-state index in [4.69, 9.17) is 4.18 Å². The van der Waals surface area contributed by atoms with Crippen molar-refractivity contribution in [1.29, 1.82) is 0 Å². The lowest BCUT2D eigenvalue weighted by molar-refractivity contribution is -0.121. The fraction of sp³-hybridized carbons (Fsp3) is 0. The number of halogens is 2. The van der Waals surface area contributed by atoms with Crippen LogP contribution in [0.4, 0.5) is 16.2 Å². The molecule has 5 rings (SSSR count). The minimum atomic E-state index is -4.13. The molecule has 4 amide bonds. The van der Waals surface area contributed by atoms with E-state index >= 15 is 0 Å². The van der Waals surface area contributed by atoms with Crippen LogP contribution in [0.15, 0.2) is 123 Å². The first-order valence-electron chi connectivity index (χ1n) is 11.7. The molecule has 1 saturated heterocycles. The van der Waals surface area contributed by atoms with Crippen molar-refractivity contribution in [2.75, 3.05) is 9.80 Å². The summed E-state index contributed by atoms with van der Waals surface area (Å²) >= 11 is 6.66. The minimum Gasteiger partial charge on any atom is -0.377 e. The lowest BCUT2D eigenvalue weighted by Gasteiger charge is -2.33. The Morgan fingerprint density at radius 2 is 1.07 bits per heavy atom. The third kappa shape index (κ3) is 5.35. The summed E-state index contributed by atoms with van der Waals surface area (Å²) in [6.07, 6.45) is 1.34. The maximum absolute atomic E-state index is 13.6. The Kier molecular flexibility index (Phi) is 7.70. The Morgan fingerprint density at radius 3 is 1.52 bits per heavy atom. The van der Waals surface area contributed by atoms with Gasteiger partial charge in [0.2, 0.25) is 0 Å². The quantitative estimate of drug-likeness (QED) is 0.130. The Bertz CT molecular complexity index is 1680. The highest BCUT2D eigenvalue weighted by Gasteiger charge is 2.43. The van der Waals surface area contributed by atoms with Gasteiger partial charge in [0.25, 0.3) is 11.8 Å². The number of imide groups is 2. The Morgan fingerprint density at radius 1 is 0.650 bits per heavy atom. The van der Waals surface area contributed by atoms with E-state index in [9.17, 15) is 22.8 Å². The van der Waals surface area contributed by atoms with Crippen LogP contribution in [0.1, 0.15) is 5.56 Å². The SMILES string of the molecule is O=C1C(=Cc2cc(Br)c(OS(=O)(=O)c3ccccc3)c(Br)c2)C(=O)N(c2ccccc2)C(=O)N1c1ccccc1. The fourth-order valence-electron chi connectivity index (χ4n) is 3.99. The molecule has 4 aromatic rings. The zero-order valence-electron chi connectivity index (χ0n) is 20.4. The number of carbonyl (C=O) groups is 3. The van der Waals surface area contributed by atoms with Gasteiger partial charge < -0.3 is 4.18 Å². The zero-order valence-corrected chi connectivity index (χ0v) is 24.4. The molecule has 0 atom stereocenters. The van der Waals surface area contributed by atoms with Gasteiger partial charge in [-0.3, -0.25) is 9.59 Å². The maximum Gasteiger partial charge on any atom is 0.343 e. The highest BCUT2D eigenvalue weighted by atomic mass is 79.9. The summed E-state index contributed by atoms with van der Waals surface area (Å²) in [6, 6.07) is 26.5. The van der Waals surface area contributed by atoms with Crippen molar-refractivity contribution < 1.29 is 27.0 Å². The lowest BCUT2D eigenvalue weighted by atomic mass is 10.0. The predicted octanol–water partition coefficient (Wildman–Crippen LogP) is 6.56. The van der Waals surface area contributed by atoms with E-state index in [2.05, 4.69) is 31.9 Å². The summed E-state index contributed by atoms with van der Waals surface area (Å²) in [5, 5.41) is 0. The number of para-hydroxylation sites is 2. The number of anilines is 2.